The standard InChI is InChI=1S/C30H36N2O3/c1-22-15-16-23(2)27(19-22)35-18-10-17-30(3,4)29(34)31-26-14-9-13-25(20-26)28(33)32(5)21-24-11-7-6-8-12-24/h6-9,11-16,19-20H,10,17-18,21H2,1-5H3,(H,31,34). The number of hydrogen-bond donors (Lipinski definition) is 1. The van der Waals surface area contributed by atoms with E-state index in [0.29, 0.717) is 30.8 Å². The summed E-state index contributed by atoms with van der Waals surface area (Å²) in [6.45, 7) is 9.02. The molecule has 0 bridgehead atoms. The molecule has 3 aromatic rings. The van der Waals surface area contributed by atoms with Crippen LogP contribution in [0.2, 0.25) is 0 Å². The lowest BCUT2D eigenvalue weighted by Gasteiger charge is -2.24. The first-order valence-electron chi connectivity index (χ1n) is 12.1. The topological polar surface area (TPSA) is 58.6 Å². The van der Waals surface area contributed by atoms with Crippen molar-refractivity contribution in [2.75, 3.05) is 19.0 Å². The molecule has 184 valence electrons. The SMILES string of the molecule is Cc1ccc(C)c(OCCCC(C)(C)C(=O)Nc2cccc(C(=O)N(C)Cc3ccccc3)c2)c1. The molecule has 0 heterocycles. The molecule has 0 aliphatic rings. The molecule has 5 nitrogen and oxygen atoms in total. The normalized spacial score (nSPS) is 11.1. The first-order chi connectivity index (χ1) is 16.7. The van der Waals surface area contributed by atoms with E-state index in [1.165, 1.54) is 0 Å². The van der Waals surface area contributed by atoms with Crippen LogP contribution in [0.4, 0.5) is 5.69 Å². The molecule has 2 amide bonds. The summed E-state index contributed by atoms with van der Waals surface area (Å²) in [4.78, 5) is 27.6. The molecule has 35 heavy (non-hydrogen) atoms. The molecule has 0 saturated carbocycles. The molecule has 3 aromatic carbocycles. The van der Waals surface area contributed by atoms with E-state index in [-0.39, 0.29) is 11.8 Å². The van der Waals surface area contributed by atoms with Gasteiger partial charge in [-0.25, -0.2) is 0 Å². The van der Waals surface area contributed by atoms with Crippen LogP contribution in [0.15, 0.2) is 72.8 Å². The van der Waals surface area contributed by atoms with Crippen molar-refractivity contribution in [2.24, 2.45) is 5.41 Å². The first-order valence-corrected chi connectivity index (χ1v) is 12.1. The van der Waals surface area contributed by atoms with Gasteiger partial charge in [0.2, 0.25) is 5.91 Å². The Kier molecular flexibility index (Phi) is 8.69. The van der Waals surface area contributed by atoms with Gasteiger partial charge in [-0.3, -0.25) is 9.59 Å². The summed E-state index contributed by atoms with van der Waals surface area (Å²) in [5.74, 6) is 0.727. The summed E-state index contributed by atoms with van der Waals surface area (Å²) < 4.78 is 5.94. The zero-order valence-corrected chi connectivity index (χ0v) is 21.4. The van der Waals surface area contributed by atoms with E-state index in [2.05, 4.69) is 17.4 Å². The van der Waals surface area contributed by atoms with E-state index >= 15 is 0 Å². The Hall–Kier alpha value is -3.60. The van der Waals surface area contributed by atoms with E-state index in [1.807, 2.05) is 70.2 Å². The minimum absolute atomic E-state index is 0.0773. The Balaban J connectivity index is 1.54. The Morgan fingerprint density at radius 2 is 1.69 bits per heavy atom. The number of ether oxygens (including phenoxy) is 1. The predicted octanol–water partition coefficient (Wildman–Crippen LogP) is 6.40. The molecule has 0 aliphatic carbocycles. The van der Waals surface area contributed by atoms with Crippen LogP contribution >= 0.6 is 0 Å². The van der Waals surface area contributed by atoms with Gasteiger partial charge in [-0.05, 0) is 67.6 Å². The Morgan fingerprint density at radius 1 is 0.943 bits per heavy atom. The van der Waals surface area contributed by atoms with Crippen LogP contribution in [0.1, 0.15) is 53.7 Å². The van der Waals surface area contributed by atoms with Crippen molar-refractivity contribution in [3.8, 4) is 5.75 Å². The number of hydrogen-bond acceptors (Lipinski definition) is 3. The molecule has 0 atom stereocenters. The smallest absolute Gasteiger partial charge is 0.253 e. The van der Waals surface area contributed by atoms with Crippen LogP contribution in [-0.2, 0) is 11.3 Å². The summed E-state index contributed by atoms with van der Waals surface area (Å²) >= 11 is 0. The van der Waals surface area contributed by atoms with Gasteiger partial charge in [-0.2, -0.15) is 0 Å². The zero-order valence-electron chi connectivity index (χ0n) is 21.4. The van der Waals surface area contributed by atoms with Crippen molar-refractivity contribution in [2.45, 2.75) is 47.1 Å². The Bertz CT molecular complexity index is 1160. The fraction of sp³-hybridized carbons (Fsp3) is 0.333. The maximum absolute atomic E-state index is 13.0. The molecule has 5 heteroatoms. The highest BCUT2D eigenvalue weighted by Crippen LogP contribution is 2.26. The number of benzene rings is 3. The second-order valence-corrected chi connectivity index (χ2v) is 9.79. The molecule has 1 N–H and O–H groups in total. The number of carbonyl (C=O) groups excluding carboxylic acids is 2. The zero-order chi connectivity index (χ0) is 25.4. The summed E-state index contributed by atoms with van der Waals surface area (Å²) in [6, 6.07) is 23.1. The summed E-state index contributed by atoms with van der Waals surface area (Å²) in [5, 5.41) is 2.99. The molecule has 0 saturated heterocycles. The predicted molar refractivity (Wildman–Crippen MR) is 142 cm³/mol. The van der Waals surface area contributed by atoms with Gasteiger partial charge < -0.3 is 15.0 Å². The fourth-order valence-electron chi connectivity index (χ4n) is 3.85. The average Bonchev–Trinajstić information content (AvgIpc) is 2.84. The molecule has 0 aliphatic heterocycles. The van der Waals surface area contributed by atoms with Gasteiger partial charge in [0.05, 0.1) is 6.61 Å². The number of aryl methyl sites for hydroxylation is 2. The first kappa shape index (κ1) is 26.0. The minimum Gasteiger partial charge on any atom is -0.493 e. The van der Waals surface area contributed by atoms with E-state index in [0.717, 1.165) is 28.9 Å². The third-order valence-corrected chi connectivity index (χ3v) is 6.14. The number of carbonyl (C=O) groups is 2. The average molecular weight is 473 g/mol. The van der Waals surface area contributed by atoms with Crippen molar-refractivity contribution < 1.29 is 14.3 Å². The monoisotopic (exact) mass is 472 g/mol. The van der Waals surface area contributed by atoms with Crippen LogP contribution < -0.4 is 10.1 Å². The van der Waals surface area contributed by atoms with Crippen LogP contribution in [-0.4, -0.2) is 30.4 Å². The molecule has 0 fully saturated rings. The van der Waals surface area contributed by atoms with Crippen molar-refractivity contribution in [1.29, 1.82) is 0 Å². The number of rotatable bonds is 10. The molecule has 0 unspecified atom stereocenters. The molecule has 0 aromatic heterocycles. The van der Waals surface area contributed by atoms with Gasteiger partial charge in [0, 0.05) is 30.3 Å². The van der Waals surface area contributed by atoms with E-state index < -0.39 is 5.41 Å². The number of nitrogens with one attached hydrogen (secondary N) is 1. The van der Waals surface area contributed by atoms with Crippen LogP contribution in [0, 0.1) is 19.3 Å². The fourth-order valence-corrected chi connectivity index (χ4v) is 3.85. The van der Waals surface area contributed by atoms with Gasteiger partial charge in [0.25, 0.3) is 5.91 Å². The molecule has 0 spiro atoms. The van der Waals surface area contributed by atoms with Crippen molar-refractivity contribution in [3.05, 3.63) is 95.1 Å². The van der Waals surface area contributed by atoms with Crippen molar-refractivity contribution in [3.63, 3.8) is 0 Å². The maximum atomic E-state index is 13.0. The van der Waals surface area contributed by atoms with Crippen molar-refractivity contribution in [1.82, 2.24) is 4.90 Å². The third-order valence-electron chi connectivity index (χ3n) is 6.14. The summed E-state index contributed by atoms with van der Waals surface area (Å²) in [6.07, 6.45) is 1.44. The molecular weight excluding hydrogens is 436 g/mol. The number of anilines is 1. The summed E-state index contributed by atoms with van der Waals surface area (Å²) in [7, 11) is 1.78. The molecule has 0 radical (unpaired) electrons. The highest BCUT2D eigenvalue weighted by Gasteiger charge is 2.27. The van der Waals surface area contributed by atoms with Gasteiger partial charge in [0.15, 0.2) is 0 Å². The number of nitrogens with zero attached hydrogens (tertiary/aromatic N) is 1. The van der Waals surface area contributed by atoms with E-state index in [9.17, 15) is 9.59 Å². The number of amides is 2. The lowest BCUT2D eigenvalue weighted by molar-refractivity contribution is -0.124. The molecule has 3 rings (SSSR count). The Morgan fingerprint density at radius 3 is 2.43 bits per heavy atom. The maximum Gasteiger partial charge on any atom is 0.253 e. The van der Waals surface area contributed by atoms with Crippen LogP contribution in [0.25, 0.3) is 0 Å². The highest BCUT2D eigenvalue weighted by molar-refractivity contribution is 5.98. The van der Waals surface area contributed by atoms with Crippen LogP contribution in [0.5, 0.6) is 5.75 Å². The lowest BCUT2D eigenvalue weighted by atomic mass is 9.87. The van der Waals surface area contributed by atoms with Gasteiger partial charge in [0.1, 0.15) is 5.75 Å². The second-order valence-electron chi connectivity index (χ2n) is 9.79. The van der Waals surface area contributed by atoms with Crippen molar-refractivity contribution >= 4 is 17.5 Å². The quantitative estimate of drug-likeness (QED) is 0.347. The minimum atomic E-state index is -0.574. The van der Waals surface area contributed by atoms with E-state index in [1.54, 1.807) is 30.1 Å². The summed E-state index contributed by atoms with van der Waals surface area (Å²) in [5.41, 5.74) is 3.93. The second kappa shape index (κ2) is 11.7. The highest BCUT2D eigenvalue weighted by atomic mass is 16.5. The largest absolute Gasteiger partial charge is 0.493 e. The Labute approximate surface area is 209 Å². The third kappa shape index (κ3) is 7.44. The van der Waals surface area contributed by atoms with Gasteiger partial charge in [-0.1, -0.05) is 62.4 Å². The molecular formula is C30H36N2O3. The lowest BCUT2D eigenvalue weighted by Crippen LogP contribution is -2.31. The van der Waals surface area contributed by atoms with Gasteiger partial charge >= 0.3 is 0 Å². The van der Waals surface area contributed by atoms with E-state index in [4.69, 9.17) is 4.74 Å². The van der Waals surface area contributed by atoms with Crippen LogP contribution in [0.3, 0.4) is 0 Å². The van der Waals surface area contributed by atoms with Gasteiger partial charge in [-0.15, -0.1) is 0 Å².